The van der Waals surface area contributed by atoms with E-state index < -0.39 is 5.54 Å². The average molecular weight is 195 g/mol. The van der Waals surface area contributed by atoms with Gasteiger partial charge in [-0.2, -0.15) is 0 Å². The Balaban J connectivity index is 3.18. The Labute approximate surface area is 84.5 Å². The fourth-order valence-corrected chi connectivity index (χ4v) is 1.43. The number of methoxy groups -OCH3 is 1. The Kier molecular flexibility index (Phi) is 3.13. The molecule has 14 heavy (non-hydrogen) atoms. The minimum atomic E-state index is -0.710. The molecule has 78 valence electrons. The molecule has 0 amide bonds. The molecule has 3 nitrogen and oxygen atoms in total. The van der Waals surface area contributed by atoms with E-state index in [4.69, 9.17) is 15.6 Å². The summed E-state index contributed by atoms with van der Waals surface area (Å²) in [5.41, 5.74) is 7.22. The van der Waals surface area contributed by atoms with Gasteiger partial charge in [-0.1, -0.05) is 6.07 Å². The second-order valence-electron chi connectivity index (χ2n) is 3.76. The maximum Gasteiger partial charge on any atom is 0.119 e. The minimum absolute atomic E-state index is 0.0823. The van der Waals surface area contributed by atoms with Crippen LogP contribution in [0.25, 0.3) is 0 Å². The Hall–Kier alpha value is -1.06. The van der Waals surface area contributed by atoms with Crippen LogP contribution in [0.1, 0.15) is 18.1 Å². The molecule has 0 saturated heterocycles. The fraction of sp³-hybridized carbons (Fsp3) is 0.455. The van der Waals surface area contributed by atoms with Crippen LogP contribution in [0.4, 0.5) is 0 Å². The van der Waals surface area contributed by atoms with Crippen LogP contribution in [0.3, 0.4) is 0 Å². The molecule has 1 aromatic rings. The van der Waals surface area contributed by atoms with Crippen LogP contribution in [-0.4, -0.2) is 18.8 Å². The van der Waals surface area contributed by atoms with Gasteiger partial charge >= 0.3 is 0 Å². The van der Waals surface area contributed by atoms with Crippen molar-refractivity contribution in [2.75, 3.05) is 13.7 Å². The summed E-state index contributed by atoms with van der Waals surface area (Å²) < 4.78 is 5.11. The van der Waals surface area contributed by atoms with Crippen LogP contribution in [0, 0.1) is 6.92 Å². The number of rotatable bonds is 3. The summed E-state index contributed by atoms with van der Waals surface area (Å²) >= 11 is 0. The molecule has 0 aliphatic heterocycles. The third-order valence-corrected chi connectivity index (χ3v) is 2.39. The van der Waals surface area contributed by atoms with E-state index in [-0.39, 0.29) is 6.61 Å². The quantitative estimate of drug-likeness (QED) is 0.761. The van der Waals surface area contributed by atoms with Crippen LogP contribution in [0.2, 0.25) is 0 Å². The lowest BCUT2D eigenvalue weighted by atomic mass is 9.90. The first-order valence-corrected chi connectivity index (χ1v) is 4.56. The Morgan fingerprint density at radius 2 is 2.14 bits per heavy atom. The summed E-state index contributed by atoms with van der Waals surface area (Å²) in [5.74, 6) is 0.760. The van der Waals surface area contributed by atoms with Gasteiger partial charge in [-0.3, -0.25) is 0 Å². The molecule has 0 aliphatic carbocycles. The van der Waals surface area contributed by atoms with Crippen LogP contribution in [0.15, 0.2) is 18.2 Å². The molecule has 0 aromatic heterocycles. The maximum atomic E-state index is 9.17. The number of aryl methyl sites for hydroxylation is 1. The monoisotopic (exact) mass is 195 g/mol. The van der Waals surface area contributed by atoms with E-state index in [1.54, 1.807) is 14.0 Å². The molecule has 0 saturated carbocycles. The fourth-order valence-electron chi connectivity index (χ4n) is 1.43. The number of hydrogen-bond donors (Lipinski definition) is 2. The second-order valence-corrected chi connectivity index (χ2v) is 3.76. The third-order valence-electron chi connectivity index (χ3n) is 2.39. The highest BCUT2D eigenvalue weighted by Gasteiger charge is 2.22. The highest BCUT2D eigenvalue weighted by atomic mass is 16.5. The van der Waals surface area contributed by atoms with Gasteiger partial charge in [0.05, 0.1) is 19.3 Å². The lowest BCUT2D eigenvalue weighted by Crippen LogP contribution is -2.37. The van der Waals surface area contributed by atoms with Crippen molar-refractivity contribution in [2.24, 2.45) is 5.73 Å². The zero-order valence-corrected chi connectivity index (χ0v) is 8.87. The van der Waals surface area contributed by atoms with Gasteiger partial charge in [0.15, 0.2) is 0 Å². The zero-order chi connectivity index (χ0) is 10.8. The molecule has 1 aromatic carbocycles. The van der Waals surface area contributed by atoms with Crippen molar-refractivity contribution in [1.29, 1.82) is 0 Å². The molecule has 1 rings (SSSR count). The molecular weight excluding hydrogens is 178 g/mol. The molecule has 3 N–H and O–H groups in total. The Bertz CT molecular complexity index is 321. The van der Waals surface area contributed by atoms with Gasteiger partial charge in [0.1, 0.15) is 5.75 Å². The summed E-state index contributed by atoms with van der Waals surface area (Å²) in [4.78, 5) is 0. The van der Waals surface area contributed by atoms with Crippen molar-refractivity contribution in [3.05, 3.63) is 29.3 Å². The van der Waals surface area contributed by atoms with E-state index in [2.05, 4.69) is 0 Å². The molecule has 0 heterocycles. The van der Waals surface area contributed by atoms with Gasteiger partial charge in [0.25, 0.3) is 0 Å². The summed E-state index contributed by atoms with van der Waals surface area (Å²) in [6.07, 6.45) is 0. The van der Waals surface area contributed by atoms with Gasteiger partial charge in [-0.25, -0.2) is 0 Å². The van der Waals surface area contributed by atoms with Gasteiger partial charge in [0.2, 0.25) is 0 Å². The molecule has 0 aliphatic rings. The average Bonchev–Trinajstić information content (AvgIpc) is 2.18. The highest BCUT2D eigenvalue weighted by Crippen LogP contribution is 2.25. The summed E-state index contributed by atoms with van der Waals surface area (Å²) in [7, 11) is 1.61. The van der Waals surface area contributed by atoms with Crippen molar-refractivity contribution in [3.63, 3.8) is 0 Å². The van der Waals surface area contributed by atoms with Crippen LogP contribution >= 0.6 is 0 Å². The summed E-state index contributed by atoms with van der Waals surface area (Å²) in [6, 6.07) is 5.69. The number of hydrogen-bond acceptors (Lipinski definition) is 3. The van der Waals surface area contributed by atoms with Crippen molar-refractivity contribution in [1.82, 2.24) is 0 Å². The molecule has 0 fully saturated rings. The van der Waals surface area contributed by atoms with Crippen molar-refractivity contribution >= 4 is 0 Å². The standard InChI is InChI=1S/C11H17NO2/c1-8-4-5-9(14-3)6-10(8)11(2,12)7-13/h4-6,13H,7,12H2,1-3H3. The predicted octanol–water partition coefficient (Wildman–Crippen LogP) is 1.17. The van der Waals surface area contributed by atoms with Crippen molar-refractivity contribution in [3.8, 4) is 5.75 Å². The normalized spacial score (nSPS) is 14.9. The van der Waals surface area contributed by atoms with Gasteiger partial charge < -0.3 is 15.6 Å². The predicted molar refractivity (Wildman–Crippen MR) is 56.4 cm³/mol. The number of aliphatic hydroxyl groups is 1. The van der Waals surface area contributed by atoms with Crippen molar-refractivity contribution in [2.45, 2.75) is 19.4 Å². The molecule has 0 bridgehead atoms. The van der Waals surface area contributed by atoms with Crippen LogP contribution in [-0.2, 0) is 5.54 Å². The second kappa shape index (κ2) is 3.98. The topological polar surface area (TPSA) is 55.5 Å². The lowest BCUT2D eigenvalue weighted by Gasteiger charge is -2.24. The van der Waals surface area contributed by atoms with E-state index in [9.17, 15) is 0 Å². The molecular formula is C11H17NO2. The minimum Gasteiger partial charge on any atom is -0.497 e. The summed E-state index contributed by atoms with van der Waals surface area (Å²) in [6.45, 7) is 3.69. The number of nitrogens with two attached hydrogens (primary N) is 1. The first kappa shape index (κ1) is 11.0. The SMILES string of the molecule is COc1ccc(C)c(C(C)(N)CO)c1. The molecule has 0 radical (unpaired) electrons. The largest absolute Gasteiger partial charge is 0.497 e. The van der Waals surface area contributed by atoms with E-state index in [0.29, 0.717) is 0 Å². The lowest BCUT2D eigenvalue weighted by molar-refractivity contribution is 0.209. The molecule has 1 atom stereocenters. The number of aliphatic hydroxyl groups excluding tert-OH is 1. The molecule has 3 heteroatoms. The van der Waals surface area contributed by atoms with E-state index in [0.717, 1.165) is 16.9 Å². The number of benzene rings is 1. The van der Waals surface area contributed by atoms with Crippen molar-refractivity contribution < 1.29 is 9.84 Å². The zero-order valence-electron chi connectivity index (χ0n) is 8.87. The summed E-state index contributed by atoms with van der Waals surface area (Å²) in [5, 5.41) is 9.17. The van der Waals surface area contributed by atoms with E-state index in [1.165, 1.54) is 0 Å². The highest BCUT2D eigenvalue weighted by molar-refractivity contribution is 5.39. The number of ether oxygens (including phenoxy) is 1. The molecule has 1 unspecified atom stereocenters. The molecule has 0 spiro atoms. The Morgan fingerprint density at radius 3 is 2.64 bits per heavy atom. The van der Waals surface area contributed by atoms with Crippen LogP contribution in [0.5, 0.6) is 5.75 Å². The first-order valence-electron chi connectivity index (χ1n) is 4.56. The Morgan fingerprint density at radius 1 is 1.50 bits per heavy atom. The van der Waals surface area contributed by atoms with Gasteiger partial charge in [-0.15, -0.1) is 0 Å². The first-order chi connectivity index (χ1) is 6.51. The maximum absolute atomic E-state index is 9.17. The van der Waals surface area contributed by atoms with E-state index >= 15 is 0 Å². The van der Waals surface area contributed by atoms with Gasteiger partial charge in [-0.05, 0) is 37.1 Å². The third kappa shape index (κ3) is 2.05. The van der Waals surface area contributed by atoms with Gasteiger partial charge in [0, 0.05) is 0 Å². The van der Waals surface area contributed by atoms with E-state index in [1.807, 2.05) is 25.1 Å². The smallest absolute Gasteiger partial charge is 0.119 e. The van der Waals surface area contributed by atoms with Crippen LogP contribution < -0.4 is 10.5 Å².